The van der Waals surface area contributed by atoms with Crippen molar-refractivity contribution in [1.82, 2.24) is 0 Å². The van der Waals surface area contributed by atoms with Gasteiger partial charge in [-0.25, -0.2) is 13.6 Å². The maximum atomic E-state index is 11.5. The lowest BCUT2D eigenvalue weighted by Crippen LogP contribution is -2.33. The van der Waals surface area contributed by atoms with E-state index >= 15 is 0 Å². The first-order chi connectivity index (χ1) is 8.88. The fourth-order valence-corrected chi connectivity index (χ4v) is 2.03. The molecule has 1 aromatic rings. The Balaban J connectivity index is 2.29. The van der Waals surface area contributed by atoms with Crippen molar-refractivity contribution in [3.05, 3.63) is 35.9 Å². The molecule has 1 atom stereocenters. The quantitative estimate of drug-likeness (QED) is 0.692. The number of esters is 1. The molecule has 0 spiro atoms. The number of carbonyl (C=O) groups is 1. The molecular weight excluding hydrogens is 268 g/mol. The molecule has 7 heteroatoms. The molecule has 0 aliphatic rings. The van der Waals surface area contributed by atoms with Gasteiger partial charge in [0.25, 0.3) is 0 Å². The maximum absolute atomic E-state index is 11.5. The largest absolute Gasteiger partial charge is 0.460 e. The Hall–Kier alpha value is -1.44. The summed E-state index contributed by atoms with van der Waals surface area (Å²) in [5, 5.41) is 4.85. The number of sulfonamides is 1. The summed E-state index contributed by atoms with van der Waals surface area (Å²) in [6, 6.07) is 8.39. The highest BCUT2D eigenvalue weighted by Gasteiger charge is 2.15. The third kappa shape index (κ3) is 6.90. The molecule has 0 unspecified atom stereocenters. The Kier molecular flexibility index (Phi) is 5.94. The first kappa shape index (κ1) is 15.6. The van der Waals surface area contributed by atoms with Gasteiger partial charge in [0.1, 0.15) is 12.6 Å². The minimum Gasteiger partial charge on any atom is -0.460 e. The third-order valence-electron chi connectivity index (χ3n) is 2.47. The second-order valence-electron chi connectivity index (χ2n) is 4.21. The number of nitrogens with two attached hydrogens (primary N) is 2. The minimum absolute atomic E-state index is 0.155. The van der Waals surface area contributed by atoms with Crippen molar-refractivity contribution in [2.24, 2.45) is 10.9 Å². The number of hydrogen-bond acceptors (Lipinski definition) is 5. The third-order valence-corrected chi connectivity index (χ3v) is 3.33. The summed E-state index contributed by atoms with van der Waals surface area (Å²) in [6.07, 6.45) is 0.463. The zero-order valence-electron chi connectivity index (χ0n) is 10.5. The molecule has 0 aliphatic carbocycles. The second kappa shape index (κ2) is 7.22. The van der Waals surface area contributed by atoms with Crippen molar-refractivity contribution < 1.29 is 17.9 Å². The van der Waals surface area contributed by atoms with E-state index < -0.39 is 22.0 Å². The summed E-state index contributed by atoms with van der Waals surface area (Å²) >= 11 is 0. The molecule has 1 aromatic carbocycles. The summed E-state index contributed by atoms with van der Waals surface area (Å²) < 4.78 is 26.5. The number of benzene rings is 1. The summed E-state index contributed by atoms with van der Waals surface area (Å²) in [4.78, 5) is 11.5. The van der Waals surface area contributed by atoms with Gasteiger partial charge in [-0.2, -0.15) is 0 Å². The van der Waals surface area contributed by atoms with Crippen molar-refractivity contribution in [2.45, 2.75) is 25.5 Å². The maximum Gasteiger partial charge on any atom is 0.323 e. The van der Waals surface area contributed by atoms with Crippen LogP contribution < -0.4 is 10.9 Å². The highest BCUT2D eigenvalue weighted by molar-refractivity contribution is 7.89. The van der Waals surface area contributed by atoms with E-state index in [1.165, 1.54) is 0 Å². The number of rotatable bonds is 7. The van der Waals surface area contributed by atoms with Crippen LogP contribution >= 0.6 is 0 Å². The van der Waals surface area contributed by atoms with Gasteiger partial charge < -0.3 is 10.5 Å². The Morgan fingerprint density at radius 2 is 1.89 bits per heavy atom. The molecule has 0 bridgehead atoms. The summed E-state index contributed by atoms with van der Waals surface area (Å²) in [6.45, 7) is 0.155. The van der Waals surface area contributed by atoms with Crippen LogP contribution in [0.15, 0.2) is 30.3 Å². The van der Waals surface area contributed by atoms with Crippen molar-refractivity contribution >= 4 is 16.0 Å². The zero-order valence-corrected chi connectivity index (χ0v) is 11.3. The normalized spacial score (nSPS) is 12.9. The number of carbonyl (C=O) groups excluding carboxylic acids is 1. The average Bonchev–Trinajstić information content (AvgIpc) is 2.35. The van der Waals surface area contributed by atoms with E-state index in [0.29, 0.717) is 0 Å². The van der Waals surface area contributed by atoms with E-state index in [0.717, 1.165) is 5.56 Å². The van der Waals surface area contributed by atoms with Gasteiger partial charge in [0.2, 0.25) is 10.0 Å². The van der Waals surface area contributed by atoms with Gasteiger partial charge in [-0.15, -0.1) is 0 Å². The lowest BCUT2D eigenvalue weighted by molar-refractivity contribution is -0.146. The topological polar surface area (TPSA) is 112 Å². The molecule has 0 fully saturated rings. The molecule has 0 aromatic heterocycles. The molecule has 0 aliphatic heterocycles. The molecule has 4 N–H and O–H groups in total. The highest BCUT2D eigenvalue weighted by atomic mass is 32.2. The van der Waals surface area contributed by atoms with Crippen LogP contribution in [-0.2, 0) is 26.2 Å². The van der Waals surface area contributed by atoms with Crippen molar-refractivity contribution in [1.29, 1.82) is 0 Å². The molecular formula is C12H18N2O4S. The zero-order chi connectivity index (χ0) is 14.3. The highest BCUT2D eigenvalue weighted by Crippen LogP contribution is 2.04. The van der Waals surface area contributed by atoms with Crippen LogP contribution in [0.5, 0.6) is 0 Å². The standard InChI is InChI=1S/C12H18N2O4S/c13-11(7-4-8-19(14,16)17)12(15)18-9-10-5-2-1-3-6-10/h1-3,5-6,11H,4,7-9,13H2,(H2,14,16,17)/t11-/m0/s1. The summed E-state index contributed by atoms with van der Waals surface area (Å²) in [5.74, 6) is -0.731. The Labute approximate surface area is 112 Å². The van der Waals surface area contributed by atoms with Crippen LogP contribution in [0, 0.1) is 0 Å². The van der Waals surface area contributed by atoms with E-state index in [1.54, 1.807) is 0 Å². The van der Waals surface area contributed by atoms with Crippen molar-refractivity contribution in [3.8, 4) is 0 Å². The van der Waals surface area contributed by atoms with E-state index in [1.807, 2.05) is 30.3 Å². The smallest absolute Gasteiger partial charge is 0.323 e. The van der Waals surface area contributed by atoms with Crippen molar-refractivity contribution in [3.63, 3.8) is 0 Å². The predicted molar refractivity (Wildman–Crippen MR) is 71.4 cm³/mol. The predicted octanol–water partition coefficient (Wildman–Crippen LogP) is 0.126. The molecule has 106 valence electrons. The number of ether oxygens (including phenoxy) is 1. The van der Waals surface area contributed by atoms with E-state index in [9.17, 15) is 13.2 Å². The van der Waals surface area contributed by atoms with Crippen LogP contribution in [0.4, 0.5) is 0 Å². The van der Waals surface area contributed by atoms with Gasteiger partial charge in [0.05, 0.1) is 5.75 Å². The SMILES string of the molecule is N[C@@H](CCCS(N)(=O)=O)C(=O)OCc1ccccc1. The van der Waals surface area contributed by atoms with Gasteiger partial charge in [-0.1, -0.05) is 30.3 Å². The van der Waals surface area contributed by atoms with E-state index in [-0.39, 0.29) is 25.2 Å². The van der Waals surface area contributed by atoms with Crippen LogP contribution in [0.3, 0.4) is 0 Å². The van der Waals surface area contributed by atoms with Gasteiger partial charge in [0, 0.05) is 0 Å². The van der Waals surface area contributed by atoms with Crippen LogP contribution in [0.25, 0.3) is 0 Å². The molecule has 6 nitrogen and oxygen atoms in total. The fourth-order valence-electron chi connectivity index (χ4n) is 1.46. The van der Waals surface area contributed by atoms with Crippen LogP contribution in [-0.4, -0.2) is 26.2 Å². The molecule has 0 saturated heterocycles. The Morgan fingerprint density at radius 3 is 2.47 bits per heavy atom. The Bertz CT molecular complexity index is 502. The molecule has 0 radical (unpaired) electrons. The van der Waals surface area contributed by atoms with Gasteiger partial charge in [-0.05, 0) is 18.4 Å². The van der Waals surface area contributed by atoms with Gasteiger partial charge >= 0.3 is 5.97 Å². The van der Waals surface area contributed by atoms with E-state index in [4.69, 9.17) is 15.6 Å². The lowest BCUT2D eigenvalue weighted by atomic mass is 10.2. The molecule has 1 rings (SSSR count). The Morgan fingerprint density at radius 1 is 1.26 bits per heavy atom. The van der Waals surface area contributed by atoms with E-state index in [2.05, 4.69) is 0 Å². The van der Waals surface area contributed by atoms with Crippen LogP contribution in [0.1, 0.15) is 18.4 Å². The molecule has 0 heterocycles. The van der Waals surface area contributed by atoms with Crippen LogP contribution in [0.2, 0.25) is 0 Å². The summed E-state index contributed by atoms with van der Waals surface area (Å²) in [5.41, 5.74) is 6.47. The minimum atomic E-state index is -3.51. The summed E-state index contributed by atoms with van der Waals surface area (Å²) in [7, 11) is -3.51. The van der Waals surface area contributed by atoms with Crippen molar-refractivity contribution in [2.75, 3.05) is 5.75 Å². The fraction of sp³-hybridized carbons (Fsp3) is 0.417. The lowest BCUT2D eigenvalue weighted by Gasteiger charge is -2.11. The second-order valence-corrected chi connectivity index (χ2v) is 5.94. The molecule has 0 saturated carbocycles. The van der Waals surface area contributed by atoms with Gasteiger partial charge in [0.15, 0.2) is 0 Å². The first-order valence-electron chi connectivity index (χ1n) is 5.85. The first-order valence-corrected chi connectivity index (χ1v) is 7.56. The monoisotopic (exact) mass is 286 g/mol. The molecule has 19 heavy (non-hydrogen) atoms. The number of primary sulfonamides is 1. The molecule has 0 amide bonds. The van der Waals surface area contributed by atoms with Gasteiger partial charge in [-0.3, -0.25) is 4.79 Å². The number of hydrogen-bond donors (Lipinski definition) is 2. The average molecular weight is 286 g/mol.